The molecule has 2 N–H and O–H groups in total. The number of benzene rings is 2. The van der Waals surface area contributed by atoms with Crippen molar-refractivity contribution in [2.75, 3.05) is 30.4 Å². The maximum absolute atomic E-state index is 13.5. The molecule has 0 aromatic heterocycles. The summed E-state index contributed by atoms with van der Waals surface area (Å²) < 4.78 is 11.4. The first kappa shape index (κ1) is 22.2. The SMILES string of the molecule is COc1ccc(CCNC(=O)C2C3C(=O)N(c4ccc(NC(C)=O)cc4)C[C@]34C=C[C@@H]2O4)cc1. The maximum Gasteiger partial charge on any atom is 0.234 e. The van der Waals surface area contributed by atoms with Crippen molar-refractivity contribution >= 4 is 29.1 Å². The minimum absolute atomic E-state index is 0.116. The summed E-state index contributed by atoms with van der Waals surface area (Å²) in [5, 5.41) is 5.72. The molecule has 2 aromatic carbocycles. The van der Waals surface area contributed by atoms with E-state index in [1.165, 1.54) is 6.92 Å². The topological polar surface area (TPSA) is 97.0 Å². The van der Waals surface area contributed by atoms with Crippen molar-refractivity contribution in [2.24, 2.45) is 11.8 Å². The molecule has 176 valence electrons. The van der Waals surface area contributed by atoms with Crippen molar-refractivity contribution in [3.05, 3.63) is 66.2 Å². The highest BCUT2D eigenvalue weighted by atomic mass is 16.5. The van der Waals surface area contributed by atoms with E-state index in [1.807, 2.05) is 36.4 Å². The molecular formula is C26H27N3O5. The number of nitrogens with zero attached hydrogens (tertiary/aromatic N) is 1. The quantitative estimate of drug-likeness (QED) is 0.617. The van der Waals surface area contributed by atoms with Gasteiger partial charge in [0.25, 0.3) is 0 Å². The Balaban J connectivity index is 1.26. The summed E-state index contributed by atoms with van der Waals surface area (Å²) in [6, 6.07) is 14.8. The van der Waals surface area contributed by atoms with E-state index < -0.39 is 17.4 Å². The smallest absolute Gasteiger partial charge is 0.234 e. The first-order chi connectivity index (χ1) is 16.4. The Hall–Kier alpha value is -3.65. The van der Waals surface area contributed by atoms with Gasteiger partial charge in [0.15, 0.2) is 0 Å². The minimum atomic E-state index is -0.782. The number of amides is 3. The monoisotopic (exact) mass is 461 g/mol. The van der Waals surface area contributed by atoms with Gasteiger partial charge in [0.2, 0.25) is 17.7 Å². The van der Waals surface area contributed by atoms with Crippen LogP contribution < -0.4 is 20.3 Å². The number of methoxy groups -OCH3 is 1. The van der Waals surface area contributed by atoms with E-state index in [9.17, 15) is 14.4 Å². The van der Waals surface area contributed by atoms with Crippen molar-refractivity contribution in [3.8, 4) is 5.75 Å². The first-order valence-electron chi connectivity index (χ1n) is 11.4. The average Bonchev–Trinajstić information content (AvgIpc) is 3.48. The molecule has 4 atom stereocenters. The van der Waals surface area contributed by atoms with Crippen LogP contribution in [-0.4, -0.2) is 49.6 Å². The highest BCUT2D eigenvalue weighted by Crippen LogP contribution is 2.52. The van der Waals surface area contributed by atoms with Gasteiger partial charge in [-0.15, -0.1) is 0 Å². The second-order valence-electron chi connectivity index (χ2n) is 8.94. The number of rotatable bonds is 7. The van der Waals surface area contributed by atoms with Gasteiger partial charge in [0.1, 0.15) is 11.4 Å². The Kier molecular flexibility index (Phi) is 5.61. The summed E-state index contributed by atoms with van der Waals surface area (Å²) in [7, 11) is 1.63. The number of hydrogen-bond acceptors (Lipinski definition) is 5. The average molecular weight is 462 g/mol. The number of anilines is 2. The normalized spacial score (nSPS) is 26.5. The molecule has 0 saturated carbocycles. The molecule has 3 aliphatic rings. The Morgan fingerprint density at radius 3 is 2.56 bits per heavy atom. The van der Waals surface area contributed by atoms with E-state index >= 15 is 0 Å². The van der Waals surface area contributed by atoms with Crippen LogP contribution in [-0.2, 0) is 25.5 Å². The molecule has 0 aliphatic carbocycles. The van der Waals surface area contributed by atoms with E-state index in [4.69, 9.17) is 9.47 Å². The molecule has 2 saturated heterocycles. The summed E-state index contributed by atoms with van der Waals surface area (Å²) in [4.78, 5) is 39.5. The lowest BCUT2D eigenvalue weighted by Crippen LogP contribution is -2.44. The van der Waals surface area contributed by atoms with Crippen LogP contribution in [0, 0.1) is 11.8 Å². The van der Waals surface area contributed by atoms with Gasteiger partial charge in [0.05, 0.1) is 31.6 Å². The van der Waals surface area contributed by atoms with E-state index in [0.29, 0.717) is 30.9 Å². The molecule has 34 heavy (non-hydrogen) atoms. The number of fused-ring (bicyclic) bond motifs is 1. The molecule has 3 heterocycles. The number of carbonyl (C=O) groups excluding carboxylic acids is 3. The molecule has 2 fully saturated rings. The summed E-state index contributed by atoms with van der Waals surface area (Å²) in [6.07, 6.45) is 4.13. The first-order valence-corrected chi connectivity index (χ1v) is 11.4. The molecule has 8 heteroatoms. The highest BCUT2D eigenvalue weighted by Gasteiger charge is 2.67. The molecule has 3 amide bonds. The van der Waals surface area contributed by atoms with Gasteiger partial charge in [-0.3, -0.25) is 14.4 Å². The Bertz CT molecular complexity index is 1140. The van der Waals surface area contributed by atoms with Crippen molar-refractivity contribution in [2.45, 2.75) is 25.0 Å². The van der Waals surface area contributed by atoms with Crippen LogP contribution in [0.25, 0.3) is 0 Å². The highest BCUT2D eigenvalue weighted by molar-refractivity contribution is 6.03. The molecule has 5 rings (SSSR count). The molecule has 3 aliphatic heterocycles. The molecule has 2 bridgehead atoms. The lowest BCUT2D eigenvalue weighted by molar-refractivity contribution is -0.131. The summed E-state index contributed by atoms with van der Waals surface area (Å²) >= 11 is 0. The van der Waals surface area contributed by atoms with E-state index in [1.54, 1.807) is 36.3 Å². The Labute approximate surface area is 197 Å². The number of carbonyl (C=O) groups is 3. The number of hydrogen-bond donors (Lipinski definition) is 2. The van der Waals surface area contributed by atoms with Crippen LogP contribution in [0.1, 0.15) is 12.5 Å². The van der Waals surface area contributed by atoms with Gasteiger partial charge in [-0.25, -0.2) is 0 Å². The third-order valence-corrected chi connectivity index (χ3v) is 6.77. The lowest BCUT2D eigenvalue weighted by Gasteiger charge is -2.23. The van der Waals surface area contributed by atoms with Crippen molar-refractivity contribution in [1.82, 2.24) is 5.32 Å². The molecule has 1 spiro atoms. The van der Waals surface area contributed by atoms with Crippen LogP contribution in [0.2, 0.25) is 0 Å². The third kappa shape index (κ3) is 3.84. The lowest BCUT2D eigenvalue weighted by atomic mass is 9.77. The predicted molar refractivity (Wildman–Crippen MR) is 127 cm³/mol. The van der Waals surface area contributed by atoms with Gasteiger partial charge in [0, 0.05) is 24.8 Å². The van der Waals surface area contributed by atoms with Crippen molar-refractivity contribution < 1.29 is 23.9 Å². The number of nitrogens with one attached hydrogen (secondary N) is 2. The Morgan fingerprint density at radius 2 is 1.88 bits per heavy atom. The second kappa shape index (κ2) is 8.61. The molecular weight excluding hydrogens is 434 g/mol. The molecule has 0 radical (unpaired) electrons. The molecule has 8 nitrogen and oxygen atoms in total. The fraction of sp³-hybridized carbons (Fsp3) is 0.346. The van der Waals surface area contributed by atoms with Crippen LogP contribution in [0.15, 0.2) is 60.7 Å². The predicted octanol–water partition coefficient (Wildman–Crippen LogP) is 2.30. The van der Waals surface area contributed by atoms with Crippen LogP contribution >= 0.6 is 0 Å². The van der Waals surface area contributed by atoms with Crippen LogP contribution in [0.5, 0.6) is 5.75 Å². The summed E-state index contributed by atoms with van der Waals surface area (Å²) in [5.74, 6) is -0.760. The zero-order valence-electron chi connectivity index (χ0n) is 19.1. The molecule has 2 aromatic rings. The number of ether oxygens (including phenoxy) is 2. The minimum Gasteiger partial charge on any atom is -0.497 e. The summed E-state index contributed by atoms with van der Waals surface area (Å²) in [6.45, 7) is 2.28. The third-order valence-electron chi connectivity index (χ3n) is 6.77. The van der Waals surface area contributed by atoms with Gasteiger partial charge in [-0.05, 0) is 48.4 Å². The second-order valence-corrected chi connectivity index (χ2v) is 8.94. The standard InChI is InChI=1S/C26H27N3O5/c1-16(30)28-18-5-7-19(8-6-18)29-15-26-13-11-21(34-26)22(23(26)25(29)32)24(31)27-14-12-17-3-9-20(33-2)10-4-17/h3-11,13,21-23H,12,14-15H2,1-2H3,(H,27,31)(H,28,30)/t21-,22?,23?,26+/m0/s1. The van der Waals surface area contributed by atoms with Crippen molar-refractivity contribution in [1.29, 1.82) is 0 Å². The van der Waals surface area contributed by atoms with Crippen LogP contribution in [0.3, 0.4) is 0 Å². The summed E-state index contributed by atoms with van der Waals surface area (Å²) in [5.41, 5.74) is 1.68. The maximum atomic E-state index is 13.5. The van der Waals surface area contributed by atoms with E-state index in [0.717, 1.165) is 11.3 Å². The zero-order valence-corrected chi connectivity index (χ0v) is 19.1. The fourth-order valence-corrected chi connectivity index (χ4v) is 5.18. The molecule has 2 unspecified atom stereocenters. The fourth-order valence-electron chi connectivity index (χ4n) is 5.18. The van der Waals surface area contributed by atoms with Gasteiger partial charge in [-0.2, -0.15) is 0 Å². The van der Waals surface area contributed by atoms with E-state index in [-0.39, 0.29) is 23.8 Å². The van der Waals surface area contributed by atoms with Gasteiger partial charge in [-0.1, -0.05) is 24.3 Å². The van der Waals surface area contributed by atoms with E-state index in [2.05, 4.69) is 10.6 Å². The van der Waals surface area contributed by atoms with Crippen LogP contribution in [0.4, 0.5) is 11.4 Å². The largest absolute Gasteiger partial charge is 0.497 e. The van der Waals surface area contributed by atoms with Gasteiger partial charge < -0.3 is 25.0 Å². The van der Waals surface area contributed by atoms with Gasteiger partial charge >= 0.3 is 0 Å². The Morgan fingerprint density at radius 1 is 1.15 bits per heavy atom. The van der Waals surface area contributed by atoms with Crippen molar-refractivity contribution in [3.63, 3.8) is 0 Å². The zero-order chi connectivity index (χ0) is 23.9.